The molecule has 1 saturated carbocycles. The maximum Gasteiger partial charge on any atom is 0.310 e. The van der Waals surface area contributed by atoms with Gasteiger partial charge < -0.3 is 9.47 Å². The van der Waals surface area contributed by atoms with E-state index >= 15 is 0 Å². The van der Waals surface area contributed by atoms with E-state index in [1.54, 1.807) is 0 Å². The van der Waals surface area contributed by atoms with E-state index in [-0.39, 0.29) is 29.7 Å². The van der Waals surface area contributed by atoms with Crippen LogP contribution >= 0.6 is 0 Å². The number of ether oxygens (including phenoxy) is 2. The Hall–Kier alpha value is -1.06. The zero-order valence-electron chi connectivity index (χ0n) is 17.4. The smallest absolute Gasteiger partial charge is 0.310 e. The van der Waals surface area contributed by atoms with E-state index in [0.29, 0.717) is 19.1 Å². The minimum Gasteiger partial charge on any atom is -0.465 e. The summed E-state index contributed by atoms with van der Waals surface area (Å²) in [6, 6.07) is 0. The number of rotatable bonds is 12. The van der Waals surface area contributed by atoms with Gasteiger partial charge in [-0.25, -0.2) is 0 Å². The highest BCUT2D eigenvalue weighted by molar-refractivity contribution is 5.82. The molecule has 0 radical (unpaired) electrons. The quantitative estimate of drug-likeness (QED) is 0.335. The maximum absolute atomic E-state index is 12.7. The first kappa shape index (κ1) is 23.0. The summed E-state index contributed by atoms with van der Waals surface area (Å²) in [6.07, 6.45) is 10.4. The van der Waals surface area contributed by atoms with Crippen LogP contribution in [0.4, 0.5) is 0 Å². The van der Waals surface area contributed by atoms with Crippen molar-refractivity contribution < 1.29 is 19.1 Å². The Balaban J connectivity index is 2.54. The first-order valence-corrected chi connectivity index (χ1v) is 10.9. The Morgan fingerprint density at radius 2 is 1.31 bits per heavy atom. The molecule has 0 bridgehead atoms. The van der Waals surface area contributed by atoms with Crippen LogP contribution in [0.15, 0.2) is 0 Å². The predicted octanol–water partition coefficient (Wildman–Crippen LogP) is 5.53. The highest BCUT2D eigenvalue weighted by Gasteiger charge is 2.44. The van der Waals surface area contributed by atoms with Crippen molar-refractivity contribution in [3.05, 3.63) is 0 Å². The van der Waals surface area contributed by atoms with Gasteiger partial charge in [0.2, 0.25) is 0 Å². The Bertz CT molecular complexity index is 407. The lowest BCUT2D eigenvalue weighted by molar-refractivity contribution is -0.167. The Kier molecular flexibility index (Phi) is 11.6. The summed E-state index contributed by atoms with van der Waals surface area (Å²) in [4.78, 5) is 25.3. The van der Waals surface area contributed by atoms with Gasteiger partial charge in [-0.3, -0.25) is 9.59 Å². The van der Waals surface area contributed by atoms with E-state index in [4.69, 9.17) is 9.47 Å². The lowest BCUT2D eigenvalue weighted by Gasteiger charge is -2.37. The molecule has 152 valence electrons. The molecule has 1 aliphatic carbocycles. The molecule has 1 rings (SSSR count). The largest absolute Gasteiger partial charge is 0.465 e. The van der Waals surface area contributed by atoms with E-state index in [2.05, 4.69) is 27.7 Å². The summed E-state index contributed by atoms with van der Waals surface area (Å²) in [5, 5.41) is 0. The van der Waals surface area contributed by atoms with Gasteiger partial charge in [0.05, 0.1) is 25.0 Å². The molecule has 0 spiro atoms. The maximum atomic E-state index is 12.7. The molecule has 4 heteroatoms. The molecule has 0 N–H and O–H groups in total. The van der Waals surface area contributed by atoms with Crippen molar-refractivity contribution >= 4 is 11.9 Å². The van der Waals surface area contributed by atoms with Crippen LogP contribution in [0.5, 0.6) is 0 Å². The molecule has 0 aromatic carbocycles. The van der Waals surface area contributed by atoms with Crippen molar-refractivity contribution in [2.24, 2.45) is 23.7 Å². The van der Waals surface area contributed by atoms with Crippen molar-refractivity contribution in [1.29, 1.82) is 0 Å². The topological polar surface area (TPSA) is 52.6 Å². The standard InChI is InChI=1S/C22H40O4/c1-5-7-9-11-15-25-21(23)19-14-13-17(3)18(4)20(19)22(24)26-16-12-10-8-6-2/h17-20H,5-16H2,1-4H3. The van der Waals surface area contributed by atoms with Gasteiger partial charge >= 0.3 is 11.9 Å². The molecule has 4 unspecified atom stereocenters. The number of hydrogen-bond acceptors (Lipinski definition) is 4. The van der Waals surface area contributed by atoms with Gasteiger partial charge in [0.1, 0.15) is 0 Å². The SMILES string of the molecule is CCCCCCOC(=O)C1CCC(C)C(C)C1C(=O)OCCCCCC. The molecule has 4 nitrogen and oxygen atoms in total. The van der Waals surface area contributed by atoms with Crippen LogP contribution in [0.25, 0.3) is 0 Å². The Labute approximate surface area is 160 Å². The van der Waals surface area contributed by atoms with Crippen molar-refractivity contribution in [2.75, 3.05) is 13.2 Å². The summed E-state index contributed by atoms with van der Waals surface area (Å²) in [7, 11) is 0. The molecule has 4 atom stereocenters. The minimum atomic E-state index is -0.354. The van der Waals surface area contributed by atoms with Crippen LogP contribution in [0, 0.1) is 23.7 Å². The molecule has 0 saturated heterocycles. The second kappa shape index (κ2) is 13.2. The van der Waals surface area contributed by atoms with Gasteiger partial charge in [0, 0.05) is 0 Å². The average molecular weight is 369 g/mol. The second-order valence-electron chi connectivity index (χ2n) is 8.00. The third-order valence-electron chi connectivity index (χ3n) is 5.89. The minimum absolute atomic E-state index is 0.157. The molecule has 0 aromatic rings. The van der Waals surface area contributed by atoms with Gasteiger partial charge in [-0.1, -0.05) is 66.2 Å². The third kappa shape index (κ3) is 7.67. The van der Waals surface area contributed by atoms with Gasteiger partial charge in [0.25, 0.3) is 0 Å². The average Bonchev–Trinajstić information content (AvgIpc) is 2.63. The Morgan fingerprint density at radius 1 is 0.769 bits per heavy atom. The molecular formula is C22H40O4. The number of esters is 2. The molecule has 0 aromatic heterocycles. The van der Waals surface area contributed by atoms with Crippen LogP contribution in [0.2, 0.25) is 0 Å². The fourth-order valence-corrected chi connectivity index (χ4v) is 3.86. The molecule has 0 aliphatic heterocycles. The molecule has 1 aliphatic rings. The number of unbranched alkanes of at least 4 members (excludes halogenated alkanes) is 6. The molecular weight excluding hydrogens is 328 g/mol. The first-order chi connectivity index (χ1) is 12.5. The van der Waals surface area contributed by atoms with E-state index in [9.17, 15) is 9.59 Å². The molecule has 1 fully saturated rings. The fourth-order valence-electron chi connectivity index (χ4n) is 3.86. The lowest BCUT2D eigenvalue weighted by Crippen LogP contribution is -2.42. The third-order valence-corrected chi connectivity index (χ3v) is 5.89. The summed E-state index contributed by atoms with van der Waals surface area (Å²) < 4.78 is 11.0. The van der Waals surface area contributed by atoms with Crippen LogP contribution < -0.4 is 0 Å². The van der Waals surface area contributed by atoms with Crippen LogP contribution in [0.3, 0.4) is 0 Å². The van der Waals surface area contributed by atoms with E-state index in [0.717, 1.165) is 51.4 Å². The van der Waals surface area contributed by atoms with Gasteiger partial charge in [-0.15, -0.1) is 0 Å². The normalized spacial score (nSPS) is 25.7. The molecule has 0 amide bonds. The number of carbonyl (C=O) groups is 2. The highest BCUT2D eigenvalue weighted by Crippen LogP contribution is 2.40. The number of carbonyl (C=O) groups excluding carboxylic acids is 2. The van der Waals surface area contributed by atoms with E-state index in [1.165, 1.54) is 12.8 Å². The summed E-state index contributed by atoms with van der Waals surface area (Å²) >= 11 is 0. The van der Waals surface area contributed by atoms with E-state index in [1.807, 2.05) is 0 Å². The van der Waals surface area contributed by atoms with Gasteiger partial charge in [-0.05, 0) is 37.5 Å². The predicted molar refractivity (Wildman–Crippen MR) is 105 cm³/mol. The van der Waals surface area contributed by atoms with Gasteiger partial charge in [-0.2, -0.15) is 0 Å². The van der Waals surface area contributed by atoms with Crippen molar-refractivity contribution in [3.8, 4) is 0 Å². The zero-order chi connectivity index (χ0) is 19.4. The van der Waals surface area contributed by atoms with Crippen molar-refractivity contribution in [2.45, 2.75) is 91.9 Å². The van der Waals surface area contributed by atoms with Crippen molar-refractivity contribution in [1.82, 2.24) is 0 Å². The summed E-state index contributed by atoms with van der Waals surface area (Å²) in [5.74, 6) is -0.504. The second-order valence-corrected chi connectivity index (χ2v) is 8.00. The van der Waals surface area contributed by atoms with E-state index < -0.39 is 0 Å². The van der Waals surface area contributed by atoms with Crippen LogP contribution in [-0.4, -0.2) is 25.2 Å². The molecule has 26 heavy (non-hydrogen) atoms. The highest BCUT2D eigenvalue weighted by atomic mass is 16.5. The lowest BCUT2D eigenvalue weighted by atomic mass is 9.68. The fraction of sp³-hybridized carbons (Fsp3) is 0.909. The molecule has 0 heterocycles. The summed E-state index contributed by atoms with van der Waals surface area (Å²) in [6.45, 7) is 9.50. The summed E-state index contributed by atoms with van der Waals surface area (Å²) in [5.41, 5.74) is 0. The zero-order valence-corrected chi connectivity index (χ0v) is 17.4. The monoisotopic (exact) mass is 368 g/mol. The van der Waals surface area contributed by atoms with Gasteiger partial charge in [0.15, 0.2) is 0 Å². The first-order valence-electron chi connectivity index (χ1n) is 10.9. The number of hydrogen-bond donors (Lipinski definition) is 0. The van der Waals surface area contributed by atoms with Crippen LogP contribution in [0.1, 0.15) is 91.9 Å². The van der Waals surface area contributed by atoms with Crippen molar-refractivity contribution in [3.63, 3.8) is 0 Å². The Morgan fingerprint density at radius 3 is 1.85 bits per heavy atom. The van der Waals surface area contributed by atoms with Crippen LogP contribution in [-0.2, 0) is 19.1 Å².